The molecule has 2 aromatic carbocycles. The molecular formula is C21H24N4O2. The molecular weight excluding hydrogens is 340 g/mol. The van der Waals surface area contributed by atoms with E-state index in [2.05, 4.69) is 32.3 Å². The van der Waals surface area contributed by atoms with Gasteiger partial charge in [-0.2, -0.15) is 0 Å². The molecule has 0 amide bonds. The van der Waals surface area contributed by atoms with Crippen molar-refractivity contribution in [3.8, 4) is 11.5 Å². The van der Waals surface area contributed by atoms with Gasteiger partial charge < -0.3 is 19.7 Å². The highest BCUT2D eigenvalue weighted by atomic mass is 16.5. The van der Waals surface area contributed by atoms with Crippen molar-refractivity contribution in [1.82, 2.24) is 9.97 Å². The minimum absolute atomic E-state index is 0.691. The summed E-state index contributed by atoms with van der Waals surface area (Å²) < 4.78 is 10.7. The van der Waals surface area contributed by atoms with Crippen molar-refractivity contribution in [2.24, 2.45) is 0 Å². The van der Waals surface area contributed by atoms with Crippen molar-refractivity contribution in [2.75, 3.05) is 31.5 Å². The number of aromatic nitrogens is 2. The maximum atomic E-state index is 5.43. The summed E-state index contributed by atoms with van der Waals surface area (Å²) in [6, 6.07) is 17.8. The van der Waals surface area contributed by atoms with Crippen molar-refractivity contribution in [3.05, 3.63) is 66.0 Å². The van der Waals surface area contributed by atoms with Gasteiger partial charge in [0.2, 0.25) is 0 Å². The molecule has 3 rings (SSSR count). The van der Waals surface area contributed by atoms with Gasteiger partial charge >= 0.3 is 0 Å². The molecule has 0 bridgehead atoms. The quantitative estimate of drug-likeness (QED) is 0.679. The Kier molecular flexibility index (Phi) is 5.76. The third kappa shape index (κ3) is 4.67. The Hall–Kier alpha value is -3.28. The molecule has 1 heterocycles. The topological polar surface area (TPSA) is 59.5 Å². The number of hydrogen-bond donors (Lipinski definition) is 1. The monoisotopic (exact) mass is 364 g/mol. The molecule has 0 atom stereocenters. The van der Waals surface area contributed by atoms with Crippen molar-refractivity contribution in [2.45, 2.75) is 13.5 Å². The van der Waals surface area contributed by atoms with E-state index in [0.717, 1.165) is 23.8 Å². The van der Waals surface area contributed by atoms with E-state index in [9.17, 15) is 0 Å². The van der Waals surface area contributed by atoms with Gasteiger partial charge in [0.05, 0.1) is 19.9 Å². The van der Waals surface area contributed by atoms with Gasteiger partial charge in [0.15, 0.2) is 0 Å². The van der Waals surface area contributed by atoms with Gasteiger partial charge in [-0.3, -0.25) is 0 Å². The third-order valence-corrected chi connectivity index (χ3v) is 4.15. The number of nitrogens with one attached hydrogen (secondary N) is 1. The van der Waals surface area contributed by atoms with Gasteiger partial charge in [-0.05, 0) is 24.6 Å². The molecule has 1 N–H and O–H groups in total. The first-order chi connectivity index (χ1) is 13.1. The number of anilines is 3. The lowest BCUT2D eigenvalue weighted by Gasteiger charge is -2.20. The molecule has 1 aromatic heterocycles. The van der Waals surface area contributed by atoms with E-state index in [-0.39, 0.29) is 0 Å². The molecule has 0 saturated heterocycles. The lowest BCUT2D eigenvalue weighted by molar-refractivity contribution is 0.405. The third-order valence-electron chi connectivity index (χ3n) is 4.15. The first-order valence-electron chi connectivity index (χ1n) is 8.69. The summed E-state index contributed by atoms with van der Waals surface area (Å²) in [7, 11) is 5.29. The molecule has 0 fully saturated rings. The van der Waals surface area contributed by atoms with E-state index in [1.54, 1.807) is 14.2 Å². The average Bonchev–Trinajstić information content (AvgIpc) is 2.68. The average molecular weight is 364 g/mol. The van der Waals surface area contributed by atoms with Crippen LogP contribution in [0, 0.1) is 6.92 Å². The zero-order chi connectivity index (χ0) is 19.2. The zero-order valence-electron chi connectivity index (χ0n) is 16.1. The fourth-order valence-corrected chi connectivity index (χ4v) is 2.80. The van der Waals surface area contributed by atoms with Gasteiger partial charge in [-0.15, -0.1) is 0 Å². The predicted octanol–water partition coefficient (Wildman–Crippen LogP) is 4.18. The second-order valence-corrected chi connectivity index (χ2v) is 6.19. The Morgan fingerprint density at radius 2 is 1.74 bits per heavy atom. The molecule has 140 valence electrons. The molecule has 27 heavy (non-hydrogen) atoms. The number of rotatable bonds is 7. The van der Waals surface area contributed by atoms with Crippen molar-refractivity contribution < 1.29 is 9.47 Å². The van der Waals surface area contributed by atoms with Crippen LogP contribution in [0.5, 0.6) is 11.5 Å². The SMILES string of the molecule is COc1ccc(OC)c(Nc2cc(N(C)Cc3ccccc3)nc(C)n2)c1. The fourth-order valence-electron chi connectivity index (χ4n) is 2.80. The van der Waals surface area contributed by atoms with E-state index >= 15 is 0 Å². The minimum atomic E-state index is 0.691. The summed E-state index contributed by atoms with van der Waals surface area (Å²) in [4.78, 5) is 11.2. The first-order valence-corrected chi connectivity index (χ1v) is 8.69. The van der Waals surface area contributed by atoms with Gasteiger partial charge in [-0.25, -0.2) is 9.97 Å². The summed E-state index contributed by atoms with van der Waals surface area (Å²) >= 11 is 0. The van der Waals surface area contributed by atoms with Crippen LogP contribution < -0.4 is 19.7 Å². The van der Waals surface area contributed by atoms with E-state index < -0.39 is 0 Å². The van der Waals surface area contributed by atoms with Gasteiger partial charge in [-0.1, -0.05) is 30.3 Å². The summed E-state index contributed by atoms with van der Waals surface area (Å²) in [5.41, 5.74) is 2.01. The summed E-state index contributed by atoms with van der Waals surface area (Å²) in [6.07, 6.45) is 0. The summed E-state index contributed by atoms with van der Waals surface area (Å²) in [6.45, 7) is 2.65. The van der Waals surface area contributed by atoms with E-state index in [1.807, 2.05) is 56.4 Å². The Morgan fingerprint density at radius 3 is 2.44 bits per heavy atom. The van der Waals surface area contributed by atoms with Gasteiger partial charge in [0.1, 0.15) is 29.0 Å². The molecule has 0 radical (unpaired) electrons. The Morgan fingerprint density at radius 1 is 0.963 bits per heavy atom. The predicted molar refractivity (Wildman–Crippen MR) is 108 cm³/mol. The van der Waals surface area contributed by atoms with Gasteiger partial charge in [0, 0.05) is 25.7 Å². The van der Waals surface area contributed by atoms with Crippen molar-refractivity contribution >= 4 is 17.3 Å². The number of benzene rings is 2. The summed E-state index contributed by atoms with van der Waals surface area (Å²) in [5, 5.41) is 3.32. The molecule has 3 aromatic rings. The van der Waals surface area contributed by atoms with Gasteiger partial charge in [0.25, 0.3) is 0 Å². The van der Waals surface area contributed by atoms with Crippen molar-refractivity contribution in [1.29, 1.82) is 0 Å². The second-order valence-electron chi connectivity index (χ2n) is 6.19. The number of hydrogen-bond acceptors (Lipinski definition) is 6. The number of methoxy groups -OCH3 is 2. The van der Waals surface area contributed by atoms with E-state index in [1.165, 1.54) is 5.56 Å². The summed E-state index contributed by atoms with van der Waals surface area (Å²) in [5.74, 6) is 3.69. The molecule has 0 aliphatic rings. The highest BCUT2D eigenvalue weighted by Crippen LogP contribution is 2.31. The highest BCUT2D eigenvalue weighted by molar-refractivity contribution is 5.67. The zero-order valence-corrected chi connectivity index (χ0v) is 16.1. The van der Waals surface area contributed by atoms with Crippen LogP contribution in [0.4, 0.5) is 17.3 Å². The molecule has 6 heteroatoms. The molecule has 0 aliphatic heterocycles. The maximum Gasteiger partial charge on any atom is 0.142 e. The minimum Gasteiger partial charge on any atom is -0.497 e. The highest BCUT2D eigenvalue weighted by Gasteiger charge is 2.10. The van der Waals surface area contributed by atoms with Crippen LogP contribution in [-0.4, -0.2) is 31.2 Å². The van der Waals surface area contributed by atoms with Crippen LogP contribution in [0.3, 0.4) is 0 Å². The Labute approximate surface area is 159 Å². The smallest absolute Gasteiger partial charge is 0.142 e. The van der Waals surface area contributed by atoms with E-state index in [4.69, 9.17) is 9.47 Å². The second kappa shape index (κ2) is 8.40. The molecule has 0 saturated carbocycles. The van der Waals surface area contributed by atoms with Crippen LogP contribution in [0.1, 0.15) is 11.4 Å². The first kappa shape index (κ1) is 18.5. The normalized spacial score (nSPS) is 10.4. The van der Waals surface area contributed by atoms with Crippen LogP contribution >= 0.6 is 0 Å². The van der Waals surface area contributed by atoms with Crippen LogP contribution in [0.15, 0.2) is 54.6 Å². The van der Waals surface area contributed by atoms with Crippen LogP contribution in [0.25, 0.3) is 0 Å². The number of ether oxygens (including phenoxy) is 2. The van der Waals surface area contributed by atoms with Crippen molar-refractivity contribution in [3.63, 3.8) is 0 Å². The Balaban J connectivity index is 1.85. The number of nitrogens with zero attached hydrogens (tertiary/aromatic N) is 3. The fraction of sp³-hybridized carbons (Fsp3) is 0.238. The largest absolute Gasteiger partial charge is 0.497 e. The lowest BCUT2D eigenvalue weighted by Crippen LogP contribution is -2.18. The molecule has 0 aliphatic carbocycles. The molecule has 6 nitrogen and oxygen atoms in total. The molecule has 0 spiro atoms. The van der Waals surface area contributed by atoms with E-state index in [0.29, 0.717) is 17.4 Å². The van der Waals surface area contributed by atoms with Crippen LogP contribution in [-0.2, 0) is 6.54 Å². The standard InChI is InChI=1S/C21H24N4O2/c1-15-22-20(24-18-12-17(26-3)10-11-19(18)27-4)13-21(23-15)25(2)14-16-8-6-5-7-9-16/h5-13H,14H2,1-4H3,(H,22,23,24). The number of aryl methyl sites for hydroxylation is 1. The lowest BCUT2D eigenvalue weighted by atomic mass is 10.2. The van der Waals surface area contributed by atoms with Crippen LogP contribution in [0.2, 0.25) is 0 Å². The Bertz CT molecular complexity index is 900. The molecule has 0 unspecified atom stereocenters. The maximum absolute atomic E-state index is 5.43.